The van der Waals surface area contributed by atoms with Crippen molar-refractivity contribution in [2.45, 2.75) is 27.3 Å². The molecule has 0 aliphatic heterocycles. The van der Waals surface area contributed by atoms with E-state index >= 15 is 0 Å². The van der Waals surface area contributed by atoms with Crippen molar-refractivity contribution in [1.82, 2.24) is 0 Å². The van der Waals surface area contributed by atoms with E-state index in [0.29, 0.717) is 6.54 Å². The molecule has 0 amide bonds. The van der Waals surface area contributed by atoms with Crippen LogP contribution in [-0.2, 0) is 6.54 Å². The minimum Gasteiger partial charge on any atom is -0.381 e. The average Bonchev–Trinajstić information content (AvgIpc) is 2.43. The highest BCUT2D eigenvalue weighted by Crippen LogP contribution is 2.18. The van der Waals surface area contributed by atoms with E-state index in [0.717, 1.165) is 5.69 Å². The molecule has 0 saturated carbocycles. The molecule has 0 unspecified atom stereocenters. The summed E-state index contributed by atoms with van der Waals surface area (Å²) in [4.78, 5) is 0. The Kier molecular flexibility index (Phi) is 4.05. The van der Waals surface area contributed by atoms with E-state index in [1.807, 2.05) is 6.07 Å². The molecule has 0 fully saturated rings. The lowest BCUT2D eigenvalue weighted by atomic mass is 10.0. The van der Waals surface area contributed by atoms with Crippen molar-refractivity contribution in [2.75, 3.05) is 5.32 Å². The summed E-state index contributed by atoms with van der Waals surface area (Å²) < 4.78 is 13.2. The second-order valence-electron chi connectivity index (χ2n) is 5.02. The summed E-state index contributed by atoms with van der Waals surface area (Å²) in [5.74, 6) is -0.486. The zero-order valence-corrected chi connectivity index (χ0v) is 11.9. The predicted molar refractivity (Wildman–Crippen MR) is 79.1 cm³/mol. The first-order valence-electron chi connectivity index (χ1n) is 6.51. The molecule has 2 aromatic carbocycles. The molecule has 2 aromatic rings. The van der Waals surface area contributed by atoms with Crippen LogP contribution in [0.5, 0.6) is 0 Å². The molecule has 2 rings (SSSR count). The average molecular weight is 268 g/mol. The van der Waals surface area contributed by atoms with Gasteiger partial charge in [-0.25, -0.2) is 4.39 Å². The van der Waals surface area contributed by atoms with Gasteiger partial charge in [-0.2, -0.15) is 5.26 Å². The van der Waals surface area contributed by atoms with Crippen LogP contribution in [0.15, 0.2) is 30.3 Å². The molecule has 102 valence electrons. The summed E-state index contributed by atoms with van der Waals surface area (Å²) in [5.41, 5.74) is 5.77. The number of benzene rings is 2. The number of anilines is 1. The molecule has 2 nitrogen and oxygen atoms in total. The highest BCUT2D eigenvalue weighted by molar-refractivity contribution is 5.50. The largest absolute Gasteiger partial charge is 0.381 e. The highest BCUT2D eigenvalue weighted by atomic mass is 19.1. The molecule has 0 radical (unpaired) electrons. The van der Waals surface area contributed by atoms with Gasteiger partial charge in [-0.1, -0.05) is 12.1 Å². The zero-order valence-electron chi connectivity index (χ0n) is 11.9. The zero-order chi connectivity index (χ0) is 14.7. The van der Waals surface area contributed by atoms with Gasteiger partial charge in [0.15, 0.2) is 0 Å². The fourth-order valence-corrected chi connectivity index (χ4v) is 2.13. The number of aryl methyl sites for hydroxylation is 3. The van der Waals surface area contributed by atoms with Crippen LogP contribution < -0.4 is 5.32 Å². The van der Waals surface area contributed by atoms with Crippen molar-refractivity contribution in [1.29, 1.82) is 5.26 Å². The molecule has 0 aliphatic rings. The van der Waals surface area contributed by atoms with Gasteiger partial charge in [-0.15, -0.1) is 0 Å². The number of hydrogen-bond acceptors (Lipinski definition) is 2. The van der Waals surface area contributed by atoms with Crippen molar-refractivity contribution in [3.63, 3.8) is 0 Å². The second-order valence-corrected chi connectivity index (χ2v) is 5.02. The molecule has 0 spiro atoms. The number of rotatable bonds is 3. The van der Waals surface area contributed by atoms with Crippen molar-refractivity contribution >= 4 is 5.69 Å². The minimum atomic E-state index is -0.486. The summed E-state index contributed by atoms with van der Waals surface area (Å²) in [6.45, 7) is 6.92. The molecule has 20 heavy (non-hydrogen) atoms. The van der Waals surface area contributed by atoms with Gasteiger partial charge in [-0.05, 0) is 61.2 Å². The smallest absolute Gasteiger partial charge is 0.141 e. The van der Waals surface area contributed by atoms with Crippen molar-refractivity contribution in [3.05, 3.63) is 64.0 Å². The second kappa shape index (κ2) is 5.75. The summed E-state index contributed by atoms with van der Waals surface area (Å²) >= 11 is 0. The first-order valence-corrected chi connectivity index (χ1v) is 6.51. The SMILES string of the molecule is Cc1cc(C)c(CNc2ccc(F)c(C#N)c2)cc1C. The first-order chi connectivity index (χ1) is 9.51. The van der Waals surface area contributed by atoms with Gasteiger partial charge < -0.3 is 5.32 Å². The van der Waals surface area contributed by atoms with Crippen LogP contribution in [0.1, 0.15) is 27.8 Å². The summed E-state index contributed by atoms with van der Waals surface area (Å²) in [6.07, 6.45) is 0. The van der Waals surface area contributed by atoms with Gasteiger partial charge >= 0.3 is 0 Å². The Hall–Kier alpha value is -2.34. The lowest BCUT2D eigenvalue weighted by molar-refractivity contribution is 0.624. The van der Waals surface area contributed by atoms with E-state index in [4.69, 9.17) is 5.26 Å². The number of nitrogens with zero attached hydrogens (tertiary/aromatic N) is 1. The molecular formula is C17H17FN2. The maximum atomic E-state index is 13.2. The van der Waals surface area contributed by atoms with Crippen molar-refractivity contribution < 1.29 is 4.39 Å². The van der Waals surface area contributed by atoms with Crippen LogP contribution in [0.25, 0.3) is 0 Å². The molecule has 0 saturated heterocycles. The molecule has 3 heteroatoms. The van der Waals surface area contributed by atoms with Crippen LogP contribution in [0.2, 0.25) is 0 Å². The Labute approximate surface area is 118 Å². The first kappa shape index (κ1) is 14.1. The summed E-state index contributed by atoms with van der Waals surface area (Å²) in [7, 11) is 0. The third-order valence-electron chi connectivity index (χ3n) is 3.52. The third-order valence-corrected chi connectivity index (χ3v) is 3.52. The molecule has 0 atom stereocenters. The lowest BCUT2D eigenvalue weighted by Crippen LogP contribution is -2.03. The van der Waals surface area contributed by atoms with Gasteiger partial charge in [0, 0.05) is 12.2 Å². The maximum absolute atomic E-state index is 13.2. The van der Waals surface area contributed by atoms with Gasteiger partial charge in [0.2, 0.25) is 0 Å². The molecule has 0 aromatic heterocycles. The Morgan fingerprint density at radius 2 is 1.75 bits per heavy atom. The number of hydrogen-bond donors (Lipinski definition) is 1. The molecule has 1 N–H and O–H groups in total. The van der Waals surface area contributed by atoms with E-state index in [1.54, 1.807) is 6.07 Å². The topological polar surface area (TPSA) is 35.8 Å². The normalized spacial score (nSPS) is 10.2. The molecule has 0 heterocycles. The van der Waals surface area contributed by atoms with Gasteiger partial charge in [-0.3, -0.25) is 0 Å². The summed E-state index contributed by atoms with van der Waals surface area (Å²) in [6, 6.07) is 10.7. The Balaban J connectivity index is 2.17. The number of halogens is 1. The Bertz CT molecular complexity index is 684. The third kappa shape index (κ3) is 2.97. The lowest BCUT2D eigenvalue weighted by Gasteiger charge is -2.12. The molecule has 0 aliphatic carbocycles. The Morgan fingerprint density at radius 3 is 2.45 bits per heavy atom. The summed E-state index contributed by atoms with van der Waals surface area (Å²) in [5, 5.41) is 12.1. The van der Waals surface area contributed by atoms with Gasteiger partial charge in [0.1, 0.15) is 11.9 Å². The Morgan fingerprint density at radius 1 is 1.05 bits per heavy atom. The predicted octanol–water partition coefficient (Wildman–Crippen LogP) is 4.23. The van der Waals surface area contributed by atoms with E-state index < -0.39 is 5.82 Å². The van der Waals surface area contributed by atoms with Crippen LogP contribution in [-0.4, -0.2) is 0 Å². The number of nitriles is 1. The fourth-order valence-electron chi connectivity index (χ4n) is 2.13. The van der Waals surface area contributed by atoms with E-state index in [2.05, 4.69) is 38.2 Å². The minimum absolute atomic E-state index is 0.0619. The standard InChI is InChI=1S/C17H17FN2/c1-11-6-13(3)15(7-12(11)2)10-20-16-4-5-17(18)14(8-16)9-19/h4-8,20H,10H2,1-3H3. The quantitative estimate of drug-likeness (QED) is 0.904. The van der Waals surface area contributed by atoms with E-state index in [9.17, 15) is 4.39 Å². The van der Waals surface area contributed by atoms with Gasteiger partial charge in [0.05, 0.1) is 5.56 Å². The van der Waals surface area contributed by atoms with E-state index in [-0.39, 0.29) is 5.56 Å². The van der Waals surface area contributed by atoms with E-state index in [1.165, 1.54) is 34.4 Å². The molecule has 0 bridgehead atoms. The molecular weight excluding hydrogens is 251 g/mol. The van der Waals surface area contributed by atoms with Crippen LogP contribution in [0, 0.1) is 37.9 Å². The highest BCUT2D eigenvalue weighted by Gasteiger charge is 2.04. The van der Waals surface area contributed by atoms with Gasteiger partial charge in [0.25, 0.3) is 0 Å². The van der Waals surface area contributed by atoms with Crippen LogP contribution in [0.3, 0.4) is 0 Å². The van der Waals surface area contributed by atoms with Crippen LogP contribution >= 0.6 is 0 Å². The fraction of sp³-hybridized carbons (Fsp3) is 0.235. The van der Waals surface area contributed by atoms with Crippen LogP contribution in [0.4, 0.5) is 10.1 Å². The van der Waals surface area contributed by atoms with Crippen molar-refractivity contribution in [2.24, 2.45) is 0 Å². The van der Waals surface area contributed by atoms with Crippen molar-refractivity contribution in [3.8, 4) is 6.07 Å². The monoisotopic (exact) mass is 268 g/mol. The number of nitrogens with one attached hydrogen (secondary N) is 1. The maximum Gasteiger partial charge on any atom is 0.141 e.